The minimum absolute atomic E-state index is 0.133. The van der Waals surface area contributed by atoms with E-state index in [0.29, 0.717) is 19.0 Å². The lowest BCUT2D eigenvalue weighted by Gasteiger charge is -2.26. The van der Waals surface area contributed by atoms with E-state index in [4.69, 9.17) is 0 Å². The van der Waals surface area contributed by atoms with Crippen molar-refractivity contribution in [1.29, 1.82) is 0 Å². The summed E-state index contributed by atoms with van der Waals surface area (Å²) in [4.78, 5) is 26.9. The highest BCUT2D eigenvalue weighted by atomic mass is 19.1. The van der Waals surface area contributed by atoms with Crippen molar-refractivity contribution in [1.82, 2.24) is 9.80 Å². The van der Waals surface area contributed by atoms with Gasteiger partial charge in [-0.15, -0.1) is 0 Å². The Hall–Kier alpha value is -2.02. The number of β-amino-alcohol motifs (C(OH)–C–C–N with tert-alkyl or cyclic N) is 1. The first-order valence-electron chi connectivity index (χ1n) is 7.24. The maximum atomic E-state index is 13.7. The molecule has 0 unspecified atom stereocenters. The minimum atomic E-state index is -1.38. The highest BCUT2D eigenvalue weighted by Gasteiger charge is 2.46. The van der Waals surface area contributed by atoms with Crippen LogP contribution in [0.5, 0.6) is 0 Å². The zero-order chi connectivity index (χ0) is 15.9. The molecule has 2 heterocycles. The van der Waals surface area contributed by atoms with E-state index in [-0.39, 0.29) is 18.0 Å². The number of carbonyl (C=O) groups is 2. The number of halogens is 2. The van der Waals surface area contributed by atoms with Gasteiger partial charge < -0.3 is 10.0 Å². The molecule has 2 aliphatic heterocycles. The van der Waals surface area contributed by atoms with Crippen LogP contribution in [0, 0.1) is 11.6 Å². The van der Waals surface area contributed by atoms with E-state index in [1.54, 1.807) is 0 Å². The zero-order valence-corrected chi connectivity index (χ0v) is 11.8. The van der Waals surface area contributed by atoms with Crippen LogP contribution in [0.2, 0.25) is 0 Å². The van der Waals surface area contributed by atoms with Gasteiger partial charge in [-0.05, 0) is 25.3 Å². The SMILES string of the molecule is O=C1[C@@H]2CCCCN2C(=O)N1C[C@H](O)c1ccc(F)cc1F. The van der Waals surface area contributed by atoms with E-state index in [9.17, 15) is 23.5 Å². The molecule has 22 heavy (non-hydrogen) atoms. The van der Waals surface area contributed by atoms with Gasteiger partial charge >= 0.3 is 6.03 Å². The third-order valence-corrected chi connectivity index (χ3v) is 4.21. The Morgan fingerprint density at radius 1 is 1.27 bits per heavy atom. The van der Waals surface area contributed by atoms with Gasteiger partial charge in [0.15, 0.2) is 0 Å². The molecule has 2 aliphatic rings. The number of carbonyl (C=O) groups excluding carboxylic acids is 2. The van der Waals surface area contributed by atoms with Crippen molar-refractivity contribution in [3.63, 3.8) is 0 Å². The maximum absolute atomic E-state index is 13.7. The number of fused-ring (bicyclic) bond motifs is 1. The summed E-state index contributed by atoms with van der Waals surface area (Å²) in [7, 11) is 0. The smallest absolute Gasteiger partial charge is 0.327 e. The van der Waals surface area contributed by atoms with E-state index >= 15 is 0 Å². The molecule has 5 nitrogen and oxygen atoms in total. The largest absolute Gasteiger partial charge is 0.386 e. The van der Waals surface area contributed by atoms with Gasteiger partial charge in [-0.25, -0.2) is 13.6 Å². The molecule has 7 heteroatoms. The second kappa shape index (κ2) is 5.64. The average Bonchev–Trinajstić information content (AvgIpc) is 2.73. The van der Waals surface area contributed by atoms with Gasteiger partial charge in [-0.2, -0.15) is 0 Å². The van der Waals surface area contributed by atoms with Gasteiger partial charge in [0.05, 0.1) is 12.6 Å². The number of nitrogens with zero attached hydrogens (tertiary/aromatic N) is 2. The van der Waals surface area contributed by atoms with Crippen molar-refractivity contribution in [2.75, 3.05) is 13.1 Å². The number of imide groups is 1. The van der Waals surface area contributed by atoms with Crippen LogP contribution in [-0.4, -0.2) is 46.0 Å². The van der Waals surface area contributed by atoms with Gasteiger partial charge in [0.25, 0.3) is 5.91 Å². The molecule has 0 radical (unpaired) electrons. The summed E-state index contributed by atoms with van der Waals surface area (Å²) in [5, 5.41) is 10.1. The Morgan fingerprint density at radius 2 is 2.05 bits per heavy atom. The number of urea groups is 1. The van der Waals surface area contributed by atoms with E-state index in [1.165, 1.54) is 4.90 Å². The van der Waals surface area contributed by atoms with Gasteiger partial charge in [0, 0.05) is 18.2 Å². The summed E-state index contributed by atoms with van der Waals surface area (Å²) in [5.74, 6) is -2.01. The highest BCUT2D eigenvalue weighted by molar-refractivity contribution is 6.04. The number of aliphatic hydroxyl groups excluding tert-OH is 1. The molecular weight excluding hydrogens is 294 g/mol. The summed E-state index contributed by atoms with van der Waals surface area (Å²) in [5.41, 5.74) is -0.133. The molecular formula is C15H16F2N2O3. The summed E-state index contributed by atoms with van der Waals surface area (Å²) in [6.07, 6.45) is 0.957. The molecule has 2 fully saturated rings. The Bertz CT molecular complexity index is 599. The molecule has 0 aromatic heterocycles. The summed E-state index contributed by atoms with van der Waals surface area (Å²) >= 11 is 0. The molecule has 3 rings (SSSR count). The van der Waals surface area contributed by atoms with Gasteiger partial charge in [0.2, 0.25) is 0 Å². The van der Waals surface area contributed by atoms with Gasteiger partial charge in [-0.1, -0.05) is 6.07 Å². The lowest BCUT2D eigenvalue weighted by atomic mass is 10.0. The van der Waals surface area contributed by atoms with Crippen LogP contribution in [0.4, 0.5) is 13.6 Å². The van der Waals surface area contributed by atoms with E-state index in [0.717, 1.165) is 29.9 Å². The standard InChI is InChI=1S/C15H16F2N2O3/c16-9-4-5-10(11(17)7-9)13(20)8-19-14(21)12-3-1-2-6-18(12)15(19)22/h4-5,7,12-13,20H,1-3,6,8H2/t12-,13-/m0/s1. The lowest BCUT2D eigenvalue weighted by molar-refractivity contribution is -0.129. The second-order valence-electron chi connectivity index (χ2n) is 5.62. The normalized spacial score (nSPS) is 23.0. The summed E-state index contributed by atoms with van der Waals surface area (Å²) < 4.78 is 26.6. The number of amides is 3. The quantitative estimate of drug-likeness (QED) is 0.866. The predicted octanol–water partition coefficient (Wildman–Crippen LogP) is 1.81. The van der Waals surface area contributed by atoms with Gasteiger partial charge in [-0.3, -0.25) is 9.69 Å². The molecule has 2 atom stereocenters. The van der Waals surface area contributed by atoms with Crippen molar-refractivity contribution in [3.8, 4) is 0 Å². The number of benzene rings is 1. The fourth-order valence-electron chi connectivity index (χ4n) is 3.06. The van der Waals surface area contributed by atoms with Crippen LogP contribution in [-0.2, 0) is 4.79 Å². The fraction of sp³-hybridized carbons (Fsp3) is 0.467. The first-order valence-corrected chi connectivity index (χ1v) is 7.24. The average molecular weight is 310 g/mol. The number of aliphatic hydroxyl groups is 1. The number of piperidine rings is 1. The minimum Gasteiger partial charge on any atom is -0.386 e. The molecule has 1 aromatic carbocycles. The third-order valence-electron chi connectivity index (χ3n) is 4.21. The van der Waals surface area contributed by atoms with Crippen molar-refractivity contribution in [2.45, 2.75) is 31.4 Å². The van der Waals surface area contributed by atoms with Crippen molar-refractivity contribution in [2.24, 2.45) is 0 Å². The fourth-order valence-corrected chi connectivity index (χ4v) is 3.06. The maximum Gasteiger partial charge on any atom is 0.327 e. The molecule has 118 valence electrons. The predicted molar refractivity (Wildman–Crippen MR) is 72.8 cm³/mol. The molecule has 0 saturated carbocycles. The molecule has 3 amide bonds. The molecule has 1 N–H and O–H groups in total. The van der Waals surface area contributed by atoms with Crippen molar-refractivity contribution < 1.29 is 23.5 Å². The summed E-state index contributed by atoms with van der Waals surface area (Å²) in [6, 6.07) is 1.89. The molecule has 0 bridgehead atoms. The second-order valence-corrected chi connectivity index (χ2v) is 5.62. The summed E-state index contributed by atoms with van der Waals surface area (Å²) in [6.45, 7) is 0.194. The Balaban J connectivity index is 1.77. The molecule has 0 spiro atoms. The van der Waals surface area contributed by atoms with E-state index in [1.807, 2.05) is 0 Å². The molecule has 1 aromatic rings. The first-order chi connectivity index (χ1) is 10.5. The van der Waals surface area contributed by atoms with Crippen molar-refractivity contribution >= 4 is 11.9 Å². The lowest BCUT2D eigenvalue weighted by Crippen LogP contribution is -2.39. The zero-order valence-electron chi connectivity index (χ0n) is 11.8. The number of rotatable bonds is 3. The topological polar surface area (TPSA) is 60.9 Å². The monoisotopic (exact) mass is 310 g/mol. The van der Waals surface area contributed by atoms with Gasteiger partial charge in [0.1, 0.15) is 17.7 Å². The van der Waals surface area contributed by atoms with Crippen LogP contribution in [0.15, 0.2) is 18.2 Å². The van der Waals surface area contributed by atoms with E-state index in [2.05, 4.69) is 0 Å². The van der Waals surface area contributed by atoms with Crippen LogP contribution >= 0.6 is 0 Å². The Labute approximate surface area is 126 Å². The van der Waals surface area contributed by atoms with E-state index < -0.39 is 29.8 Å². The first kappa shape index (κ1) is 14.9. The van der Waals surface area contributed by atoms with Crippen LogP contribution in [0.3, 0.4) is 0 Å². The number of hydrogen-bond donors (Lipinski definition) is 1. The third kappa shape index (κ3) is 2.45. The van der Waals surface area contributed by atoms with Crippen LogP contribution in [0.1, 0.15) is 30.9 Å². The highest BCUT2D eigenvalue weighted by Crippen LogP contribution is 2.28. The number of hydrogen-bond acceptors (Lipinski definition) is 3. The van der Waals surface area contributed by atoms with Crippen molar-refractivity contribution in [3.05, 3.63) is 35.4 Å². The Morgan fingerprint density at radius 3 is 2.73 bits per heavy atom. The van der Waals surface area contributed by atoms with Crippen LogP contribution in [0.25, 0.3) is 0 Å². The molecule has 0 aliphatic carbocycles. The Kier molecular flexibility index (Phi) is 3.82. The molecule has 2 saturated heterocycles. The van der Waals surface area contributed by atoms with Crippen LogP contribution < -0.4 is 0 Å².